The van der Waals surface area contributed by atoms with E-state index in [1.807, 2.05) is 0 Å². The number of ether oxygens (including phenoxy) is 2. The Hall–Kier alpha value is -1.56. The third kappa shape index (κ3) is 6.31. The number of hydrogen-bond acceptors (Lipinski definition) is 8. The van der Waals surface area contributed by atoms with Gasteiger partial charge in [0, 0.05) is 31.1 Å². The molecule has 0 spiro atoms. The van der Waals surface area contributed by atoms with Crippen LogP contribution in [-0.4, -0.2) is 60.1 Å². The zero-order chi connectivity index (χ0) is 18.4. The van der Waals surface area contributed by atoms with Crippen molar-refractivity contribution in [2.45, 2.75) is 10.7 Å². The molecule has 0 bridgehead atoms. The molecule has 26 heavy (non-hydrogen) atoms. The minimum atomic E-state index is -4.69. The first-order valence-electron chi connectivity index (χ1n) is 7.87. The number of aromatic nitrogens is 2. The quantitative estimate of drug-likeness (QED) is 0.705. The number of thioether (sulfide) groups is 1. The van der Waals surface area contributed by atoms with Gasteiger partial charge < -0.3 is 14.8 Å². The maximum absolute atomic E-state index is 12.1. The van der Waals surface area contributed by atoms with Gasteiger partial charge in [-0.15, -0.1) is 23.4 Å². The van der Waals surface area contributed by atoms with Gasteiger partial charge in [-0.25, -0.2) is 0 Å². The number of anilines is 2. The van der Waals surface area contributed by atoms with Gasteiger partial charge in [-0.1, -0.05) is 23.1 Å². The van der Waals surface area contributed by atoms with Crippen LogP contribution < -0.4 is 10.1 Å². The summed E-state index contributed by atoms with van der Waals surface area (Å²) in [6, 6.07) is 5.48. The Morgan fingerprint density at radius 1 is 1.19 bits per heavy atom. The molecule has 1 aliphatic heterocycles. The molecular weight excluding hydrogens is 389 g/mol. The van der Waals surface area contributed by atoms with Gasteiger partial charge in [-0.05, 0) is 24.3 Å². The lowest BCUT2D eigenvalue weighted by atomic mass is 10.3. The van der Waals surface area contributed by atoms with Crippen molar-refractivity contribution in [3.63, 3.8) is 0 Å². The average Bonchev–Trinajstić information content (AvgIpc) is 3.04. The van der Waals surface area contributed by atoms with Crippen LogP contribution in [0.4, 0.5) is 24.0 Å². The molecule has 0 saturated carbocycles. The van der Waals surface area contributed by atoms with Crippen molar-refractivity contribution in [3.05, 3.63) is 24.3 Å². The van der Waals surface area contributed by atoms with E-state index in [2.05, 4.69) is 25.2 Å². The Labute approximate surface area is 156 Å². The number of benzene rings is 1. The molecule has 1 fully saturated rings. The van der Waals surface area contributed by atoms with Crippen LogP contribution in [0.15, 0.2) is 28.6 Å². The first-order chi connectivity index (χ1) is 12.5. The Bertz CT molecular complexity index is 691. The molecule has 1 saturated heterocycles. The lowest BCUT2D eigenvalue weighted by Gasteiger charge is -2.25. The van der Waals surface area contributed by atoms with E-state index in [0.29, 0.717) is 10.8 Å². The fourth-order valence-electron chi connectivity index (χ4n) is 2.27. The second-order valence-corrected chi connectivity index (χ2v) is 7.69. The minimum absolute atomic E-state index is 0.264. The van der Waals surface area contributed by atoms with Crippen LogP contribution in [0, 0.1) is 0 Å². The molecule has 3 rings (SSSR count). The number of nitrogens with zero attached hydrogens (tertiary/aromatic N) is 3. The summed E-state index contributed by atoms with van der Waals surface area (Å²) in [5.41, 5.74) is 0.612. The van der Waals surface area contributed by atoms with E-state index in [1.165, 1.54) is 35.6 Å². The van der Waals surface area contributed by atoms with Gasteiger partial charge in [0.2, 0.25) is 5.13 Å². The van der Waals surface area contributed by atoms with Crippen LogP contribution in [0.5, 0.6) is 5.75 Å². The van der Waals surface area contributed by atoms with Crippen LogP contribution in [0.25, 0.3) is 0 Å². The van der Waals surface area contributed by atoms with Crippen molar-refractivity contribution in [2.24, 2.45) is 0 Å². The monoisotopic (exact) mass is 406 g/mol. The van der Waals surface area contributed by atoms with Crippen molar-refractivity contribution < 1.29 is 22.6 Å². The predicted octanol–water partition coefficient (Wildman–Crippen LogP) is 3.60. The van der Waals surface area contributed by atoms with Gasteiger partial charge in [0.15, 0.2) is 4.34 Å². The van der Waals surface area contributed by atoms with Crippen LogP contribution in [0.3, 0.4) is 0 Å². The largest absolute Gasteiger partial charge is 0.573 e. The Morgan fingerprint density at radius 3 is 2.62 bits per heavy atom. The van der Waals surface area contributed by atoms with Crippen LogP contribution in [0.2, 0.25) is 0 Å². The third-order valence-corrected chi connectivity index (χ3v) is 5.43. The summed E-state index contributed by atoms with van der Waals surface area (Å²) in [5.74, 6) is 0.651. The highest BCUT2D eigenvalue weighted by Gasteiger charge is 2.30. The van der Waals surface area contributed by atoms with Crippen molar-refractivity contribution in [1.29, 1.82) is 0 Å². The molecule has 1 N–H and O–H groups in total. The molecule has 0 unspecified atom stereocenters. The number of morpholine rings is 1. The van der Waals surface area contributed by atoms with Gasteiger partial charge in [-0.2, -0.15) is 0 Å². The maximum Gasteiger partial charge on any atom is 0.573 e. The summed E-state index contributed by atoms with van der Waals surface area (Å²) in [4.78, 5) is 2.35. The number of halogens is 3. The molecule has 2 aromatic rings. The molecule has 0 atom stereocenters. The summed E-state index contributed by atoms with van der Waals surface area (Å²) >= 11 is 3.04. The molecule has 142 valence electrons. The molecule has 11 heteroatoms. The first-order valence-corrected chi connectivity index (χ1v) is 9.67. The fraction of sp³-hybridized carbons (Fsp3) is 0.467. The molecule has 6 nitrogen and oxygen atoms in total. The second kappa shape index (κ2) is 8.89. The number of alkyl halides is 3. The Morgan fingerprint density at radius 2 is 1.92 bits per heavy atom. The van der Waals surface area contributed by atoms with Crippen LogP contribution in [0.1, 0.15) is 0 Å². The molecular formula is C15H17F3N4O2S2. The summed E-state index contributed by atoms with van der Waals surface area (Å²) in [5, 5.41) is 11.8. The van der Waals surface area contributed by atoms with Crippen molar-refractivity contribution >= 4 is 33.9 Å². The van der Waals surface area contributed by atoms with Gasteiger partial charge in [0.1, 0.15) is 5.75 Å². The minimum Gasteiger partial charge on any atom is -0.406 e. The second-order valence-electron chi connectivity index (χ2n) is 5.37. The fourth-order valence-corrected chi connectivity index (χ4v) is 4.11. The van der Waals surface area contributed by atoms with Gasteiger partial charge in [0.25, 0.3) is 0 Å². The zero-order valence-corrected chi connectivity index (χ0v) is 15.3. The average molecular weight is 406 g/mol. The molecule has 1 aliphatic rings. The van der Waals surface area contributed by atoms with E-state index in [-0.39, 0.29) is 5.75 Å². The zero-order valence-electron chi connectivity index (χ0n) is 13.7. The lowest BCUT2D eigenvalue weighted by molar-refractivity contribution is -0.274. The van der Waals surface area contributed by atoms with Gasteiger partial charge in [0.05, 0.1) is 13.2 Å². The van der Waals surface area contributed by atoms with E-state index >= 15 is 0 Å². The highest BCUT2D eigenvalue weighted by molar-refractivity contribution is 8.01. The van der Waals surface area contributed by atoms with E-state index in [4.69, 9.17) is 4.74 Å². The normalized spacial score (nSPS) is 15.8. The van der Waals surface area contributed by atoms with Crippen molar-refractivity contribution in [2.75, 3.05) is 43.9 Å². The molecule has 0 aliphatic carbocycles. The molecule has 0 radical (unpaired) electrons. The van der Waals surface area contributed by atoms with Crippen LogP contribution >= 0.6 is 23.1 Å². The molecule has 1 aromatic heterocycles. The summed E-state index contributed by atoms with van der Waals surface area (Å²) in [6.07, 6.45) is -4.69. The summed E-state index contributed by atoms with van der Waals surface area (Å²) < 4.78 is 46.4. The highest BCUT2D eigenvalue weighted by atomic mass is 32.2. The van der Waals surface area contributed by atoms with E-state index in [1.54, 1.807) is 11.8 Å². The summed E-state index contributed by atoms with van der Waals surface area (Å²) in [7, 11) is 0. The van der Waals surface area contributed by atoms with Gasteiger partial charge in [-0.3, -0.25) is 4.90 Å². The predicted molar refractivity (Wildman–Crippen MR) is 94.3 cm³/mol. The number of hydrogen-bond donors (Lipinski definition) is 1. The smallest absolute Gasteiger partial charge is 0.406 e. The molecule has 1 aromatic carbocycles. The third-order valence-electron chi connectivity index (χ3n) is 3.48. The molecule has 0 amide bonds. The summed E-state index contributed by atoms with van der Waals surface area (Å²) in [6.45, 7) is 4.45. The topological polar surface area (TPSA) is 59.5 Å². The molecule has 2 heterocycles. The highest BCUT2D eigenvalue weighted by Crippen LogP contribution is 2.29. The lowest BCUT2D eigenvalue weighted by Crippen LogP contribution is -2.37. The van der Waals surface area contributed by atoms with E-state index < -0.39 is 6.36 Å². The van der Waals surface area contributed by atoms with E-state index in [9.17, 15) is 13.2 Å². The van der Waals surface area contributed by atoms with Crippen LogP contribution in [-0.2, 0) is 4.74 Å². The first kappa shape index (κ1) is 19.2. The Balaban J connectivity index is 1.45. The van der Waals surface area contributed by atoms with E-state index in [0.717, 1.165) is 42.9 Å². The maximum atomic E-state index is 12.1. The van der Waals surface area contributed by atoms with Crippen molar-refractivity contribution in [3.8, 4) is 5.75 Å². The number of rotatable bonds is 7. The van der Waals surface area contributed by atoms with Crippen molar-refractivity contribution in [1.82, 2.24) is 15.1 Å². The standard InChI is InChI=1S/C15H17F3N4O2S2/c16-15(17,18)24-12-3-1-11(2-4-12)19-13-20-21-14(26-13)25-10-7-22-5-8-23-9-6-22/h1-4H,5-10H2,(H,19,20). The SMILES string of the molecule is FC(F)(F)Oc1ccc(Nc2nnc(SCCN3CCOCC3)s2)cc1. The Kier molecular flexibility index (Phi) is 6.57. The van der Waals surface area contributed by atoms with Gasteiger partial charge >= 0.3 is 6.36 Å². The number of nitrogens with one attached hydrogen (secondary N) is 1.